The van der Waals surface area contributed by atoms with Crippen molar-refractivity contribution >= 4 is 28.2 Å². The number of nitrogens with one attached hydrogen (secondary N) is 1. The molecule has 106 valence electrons. The summed E-state index contributed by atoms with van der Waals surface area (Å²) in [7, 11) is 0. The number of hydrogen-bond donors (Lipinski definition) is 1. The summed E-state index contributed by atoms with van der Waals surface area (Å²) in [5, 5.41) is 13.0. The van der Waals surface area contributed by atoms with E-state index in [2.05, 4.69) is 26.6 Å². The lowest BCUT2D eigenvalue weighted by Gasteiger charge is -2.21. The Bertz CT molecular complexity index is 523. The number of thioether (sulfide) groups is 1. The van der Waals surface area contributed by atoms with E-state index in [1.807, 2.05) is 12.3 Å². The predicted molar refractivity (Wildman–Crippen MR) is 84.2 cm³/mol. The molecular weight excluding hydrogens is 288 g/mol. The van der Waals surface area contributed by atoms with Crippen molar-refractivity contribution in [1.29, 1.82) is 0 Å². The molecule has 0 saturated heterocycles. The van der Waals surface area contributed by atoms with Gasteiger partial charge in [-0.25, -0.2) is 0 Å². The van der Waals surface area contributed by atoms with Gasteiger partial charge in [-0.15, -0.1) is 10.2 Å². The van der Waals surface area contributed by atoms with Gasteiger partial charge in [-0.3, -0.25) is 4.98 Å². The second-order valence-corrected chi connectivity index (χ2v) is 7.20. The largest absolute Gasteiger partial charge is 0.357 e. The topological polar surface area (TPSA) is 50.7 Å². The fraction of sp³-hybridized carbons (Fsp3) is 0.500. The van der Waals surface area contributed by atoms with E-state index in [1.165, 1.54) is 37.7 Å². The molecule has 0 bridgehead atoms. The van der Waals surface area contributed by atoms with Crippen LogP contribution in [0.25, 0.3) is 0 Å². The van der Waals surface area contributed by atoms with Gasteiger partial charge in [0.15, 0.2) is 4.34 Å². The van der Waals surface area contributed by atoms with E-state index in [9.17, 15) is 0 Å². The van der Waals surface area contributed by atoms with Crippen LogP contribution in [-0.2, 0) is 5.75 Å². The van der Waals surface area contributed by atoms with E-state index in [0.717, 1.165) is 15.2 Å². The van der Waals surface area contributed by atoms with Crippen molar-refractivity contribution in [1.82, 2.24) is 15.2 Å². The van der Waals surface area contributed by atoms with Crippen LogP contribution in [0, 0.1) is 0 Å². The standard InChI is InChI=1S/C14H18N4S2/c1-2-6-12(7-3-1)16-13-17-18-14(20-13)19-10-11-5-4-8-15-9-11/h4-5,8-9,12H,1-3,6-7,10H2,(H,16,17). The van der Waals surface area contributed by atoms with Gasteiger partial charge in [-0.05, 0) is 24.5 Å². The molecular formula is C14H18N4S2. The van der Waals surface area contributed by atoms with Gasteiger partial charge >= 0.3 is 0 Å². The smallest absolute Gasteiger partial charge is 0.206 e. The molecule has 0 spiro atoms. The molecule has 1 N–H and O–H groups in total. The number of anilines is 1. The van der Waals surface area contributed by atoms with Crippen LogP contribution in [0.1, 0.15) is 37.7 Å². The molecule has 6 heteroatoms. The second kappa shape index (κ2) is 7.04. The van der Waals surface area contributed by atoms with Crippen molar-refractivity contribution in [3.63, 3.8) is 0 Å². The van der Waals surface area contributed by atoms with Gasteiger partial charge < -0.3 is 5.32 Å². The van der Waals surface area contributed by atoms with Gasteiger partial charge in [0, 0.05) is 24.2 Å². The van der Waals surface area contributed by atoms with E-state index >= 15 is 0 Å². The Morgan fingerprint density at radius 3 is 2.95 bits per heavy atom. The summed E-state index contributed by atoms with van der Waals surface area (Å²) in [6.45, 7) is 0. The fourth-order valence-electron chi connectivity index (χ4n) is 2.38. The van der Waals surface area contributed by atoms with Crippen LogP contribution >= 0.6 is 23.1 Å². The van der Waals surface area contributed by atoms with Crippen LogP contribution in [0.3, 0.4) is 0 Å². The van der Waals surface area contributed by atoms with Crippen molar-refractivity contribution in [3.8, 4) is 0 Å². The molecule has 0 amide bonds. The first-order valence-corrected chi connectivity index (χ1v) is 8.82. The Hall–Kier alpha value is -1.14. The monoisotopic (exact) mass is 306 g/mol. The Balaban J connectivity index is 1.51. The highest BCUT2D eigenvalue weighted by Crippen LogP contribution is 2.29. The number of rotatable bonds is 5. The summed E-state index contributed by atoms with van der Waals surface area (Å²) in [5.74, 6) is 0.895. The maximum absolute atomic E-state index is 4.25. The van der Waals surface area contributed by atoms with Crippen molar-refractivity contribution in [2.45, 2.75) is 48.2 Å². The van der Waals surface area contributed by atoms with E-state index in [4.69, 9.17) is 0 Å². The summed E-state index contributed by atoms with van der Waals surface area (Å²) in [6, 6.07) is 4.64. The van der Waals surface area contributed by atoms with Gasteiger partial charge in [0.1, 0.15) is 0 Å². The molecule has 20 heavy (non-hydrogen) atoms. The van der Waals surface area contributed by atoms with Crippen LogP contribution in [0.4, 0.5) is 5.13 Å². The summed E-state index contributed by atoms with van der Waals surface area (Å²) in [5.41, 5.74) is 1.22. The average Bonchev–Trinajstić information content (AvgIpc) is 2.95. The van der Waals surface area contributed by atoms with Gasteiger partial charge in [0.2, 0.25) is 5.13 Å². The van der Waals surface area contributed by atoms with E-state index in [0.29, 0.717) is 6.04 Å². The van der Waals surface area contributed by atoms with Gasteiger partial charge in [0.25, 0.3) is 0 Å². The molecule has 1 aliphatic rings. The van der Waals surface area contributed by atoms with E-state index in [1.54, 1.807) is 29.3 Å². The molecule has 1 saturated carbocycles. The lowest BCUT2D eigenvalue weighted by molar-refractivity contribution is 0.462. The first kappa shape index (κ1) is 13.8. The minimum absolute atomic E-state index is 0.591. The highest BCUT2D eigenvalue weighted by atomic mass is 32.2. The minimum atomic E-state index is 0.591. The molecule has 0 radical (unpaired) electrons. The maximum Gasteiger partial charge on any atom is 0.206 e. The summed E-state index contributed by atoms with van der Waals surface area (Å²) in [6.07, 6.45) is 10.3. The Morgan fingerprint density at radius 2 is 2.15 bits per heavy atom. The third-order valence-corrected chi connectivity index (χ3v) is 5.48. The summed E-state index contributed by atoms with van der Waals surface area (Å²) >= 11 is 3.38. The molecule has 4 nitrogen and oxygen atoms in total. The third kappa shape index (κ3) is 3.93. The fourth-order valence-corrected chi connectivity index (χ4v) is 4.14. The van der Waals surface area contributed by atoms with Crippen LogP contribution < -0.4 is 5.32 Å². The zero-order valence-corrected chi connectivity index (χ0v) is 12.9. The first-order valence-electron chi connectivity index (χ1n) is 7.02. The Morgan fingerprint density at radius 1 is 1.25 bits per heavy atom. The van der Waals surface area contributed by atoms with Crippen LogP contribution in [-0.4, -0.2) is 21.2 Å². The molecule has 1 fully saturated rings. The number of hydrogen-bond acceptors (Lipinski definition) is 6. The van der Waals surface area contributed by atoms with E-state index in [-0.39, 0.29) is 0 Å². The first-order chi connectivity index (χ1) is 9.90. The number of nitrogens with zero attached hydrogens (tertiary/aromatic N) is 3. The minimum Gasteiger partial charge on any atom is -0.357 e. The molecule has 2 aromatic heterocycles. The normalized spacial score (nSPS) is 16.2. The molecule has 2 heterocycles. The number of aromatic nitrogens is 3. The van der Waals surface area contributed by atoms with E-state index < -0.39 is 0 Å². The summed E-state index contributed by atoms with van der Waals surface area (Å²) < 4.78 is 1.02. The Labute approximate surface area is 127 Å². The van der Waals surface area contributed by atoms with Crippen LogP contribution in [0.5, 0.6) is 0 Å². The number of pyridine rings is 1. The van der Waals surface area contributed by atoms with Gasteiger partial charge in [0.05, 0.1) is 0 Å². The lowest BCUT2D eigenvalue weighted by atomic mass is 9.96. The molecule has 3 rings (SSSR count). The SMILES string of the molecule is c1cncc(CSc2nnc(NC3CCCCC3)s2)c1. The van der Waals surface area contributed by atoms with Gasteiger partial charge in [-0.1, -0.05) is 48.4 Å². The molecule has 0 atom stereocenters. The van der Waals surface area contributed by atoms with Crippen molar-refractivity contribution in [3.05, 3.63) is 30.1 Å². The van der Waals surface area contributed by atoms with Crippen LogP contribution in [0.2, 0.25) is 0 Å². The molecule has 1 aliphatic carbocycles. The summed E-state index contributed by atoms with van der Waals surface area (Å²) in [4.78, 5) is 4.12. The zero-order valence-electron chi connectivity index (χ0n) is 11.3. The molecule has 0 aromatic carbocycles. The van der Waals surface area contributed by atoms with Crippen LogP contribution in [0.15, 0.2) is 28.9 Å². The molecule has 0 unspecified atom stereocenters. The van der Waals surface area contributed by atoms with Crippen molar-refractivity contribution in [2.75, 3.05) is 5.32 Å². The predicted octanol–water partition coefficient (Wildman–Crippen LogP) is 3.97. The van der Waals surface area contributed by atoms with Gasteiger partial charge in [-0.2, -0.15) is 0 Å². The quantitative estimate of drug-likeness (QED) is 0.847. The lowest BCUT2D eigenvalue weighted by Crippen LogP contribution is -2.21. The zero-order chi connectivity index (χ0) is 13.6. The van der Waals surface area contributed by atoms with Crippen molar-refractivity contribution in [2.24, 2.45) is 0 Å². The average molecular weight is 306 g/mol. The highest BCUT2D eigenvalue weighted by molar-refractivity contribution is 8.00. The molecule has 0 aliphatic heterocycles. The third-order valence-electron chi connectivity index (χ3n) is 3.42. The Kier molecular flexibility index (Phi) is 4.86. The second-order valence-electron chi connectivity index (χ2n) is 5.00. The van der Waals surface area contributed by atoms with Crippen molar-refractivity contribution < 1.29 is 0 Å². The highest BCUT2D eigenvalue weighted by Gasteiger charge is 2.15. The maximum atomic E-state index is 4.25. The molecule has 2 aromatic rings.